The summed E-state index contributed by atoms with van der Waals surface area (Å²) in [6.07, 6.45) is 2.41. The van der Waals surface area contributed by atoms with Crippen molar-refractivity contribution in [1.29, 1.82) is 0 Å². The first-order chi connectivity index (χ1) is 8.49. The molecule has 0 bridgehead atoms. The summed E-state index contributed by atoms with van der Waals surface area (Å²) in [6.45, 7) is 1.72. The smallest absolute Gasteiger partial charge is 0.311 e. The van der Waals surface area contributed by atoms with Crippen molar-refractivity contribution in [1.82, 2.24) is 0 Å². The van der Waals surface area contributed by atoms with Gasteiger partial charge >= 0.3 is 5.97 Å². The van der Waals surface area contributed by atoms with Crippen molar-refractivity contribution in [2.24, 2.45) is 5.92 Å². The van der Waals surface area contributed by atoms with Crippen molar-refractivity contribution in [3.63, 3.8) is 0 Å². The van der Waals surface area contributed by atoms with Crippen LogP contribution in [0, 0.1) is 5.92 Å². The second kappa shape index (κ2) is 5.02. The molecule has 1 aromatic rings. The monoisotopic (exact) mass is 312 g/mol. The highest BCUT2D eigenvalue weighted by Gasteiger charge is 2.43. The predicted octanol–water partition coefficient (Wildman–Crippen LogP) is 2.78. The fraction of sp³-hybridized carbons (Fsp3) is 0.500. The Labute approximate surface area is 115 Å². The Morgan fingerprint density at radius 3 is 2.94 bits per heavy atom. The summed E-state index contributed by atoms with van der Waals surface area (Å²) in [5, 5.41) is 10.9. The van der Waals surface area contributed by atoms with Crippen LogP contribution in [0.25, 0.3) is 0 Å². The molecule has 98 valence electrons. The molecular formula is C14H17BrO3. The van der Waals surface area contributed by atoms with E-state index in [0.717, 1.165) is 28.4 Å². The number of fused-ring (bicyclic) bond motifs is 1. The summed E-state index contributed by atoms with van der Waals surface area (Å²) < 4.78 is 5.68. The van der Waals surface area contributed by atoms with E-state index in [-0.39, 0.29) is 5.97 Å². The lowest BCUT2D eigenvalue weighted by Crippen LogP contribution is -2.41. The molecule has 0 amide bonds. The lowest BCUT2D eigenvalue weighted by Gasteiger charge is -2.38. The first kappa shape index (κ1) is 13.6. The number of halogens is 1. The Hall–Kier alpha value is -0.870. The SMILES string of the molecule is COC(=O)[C@@H](C)[C@]1(O)CCCc2ccc(Br)cc21. The third kappa shape index (κ3) is 2.19. The summed E-state index contributed by atoms with van der Waals surface area (Å²) in [5.74, 6) is -0.929. The van der Waals surface area contributed by atoms with Crippen LogP contribution in [0.5, 0.6) is 0 Å². The molecular weight excluding hydrogens is 296 g/mol. The fourth-order valence-electron chi connectivity index (χ4n) is 2.67. The van der Waals surface area contributed by atoms with Gasteiger partial charge < -0.3 is 9.84 Å². The summed E-state index contributed by atoms with van der Waals surface area (Å²) in [4.78, 5) is 11.7. The Morgan fingerprint density at radius 2 is 2.28 bits per heavy atom. The largest absolute Gasteiger partial charge is 0.469 e. The number of methoxy groups -OCH3 is 1. The highest BCUT2D eigenvalue weighted by molar-refractivity contribution is 9.10. The number of carbonyl (C=O) groups is 1. The molecule has 18 heavy (non-hydrogen) atoms. The maximum atomic E-state index is 11.7. The van der Waals surface area contributed by atoms with Crippen LogP contribution in [-0.4, -0.2) is 18.2 Å². The minimum Gasteiger partial charge on any atom is -0.469 e. The maximum Gasteiger partial charge on any atom is 0.311 e. The van der Waals surface area contributed by atoms with Gasteiger partial charge in [0.05, 0.1) is 13.0 Å². The van der Waals surface area contributed by atoms with E-state index < -0.39 is 11.5 Å². The molecule has 0 heterocycles. The van der Waals surface area contributed by atoms with Gasteiger partial charge in [-0.15, -0.1) is 0 Å². The summed E-state index contributed by atoms with van der Waals surface area (Å²) in [5.41, 5.74) is 0.841. The molecule has 2 rings (SSSR count). The fourth-order valence-corrected chi connectivity index (χ4v) is 3.04. The number of rotatable bonds is 2. The van der Waals surface area contributed by atoms with E-state index in [9.17, 15) is 9.90 Å². The Morgan fingerprint density at radius 1 is 1.56 bits per heavy atom. The van der Waals surface area contributed by atoms with Crippen molar-refractivity contribution in [2.45, 2.75) is 31.8 Å². The Kier molecular flexibility index (Phi) is 3.78. The van der Waals surface area contributed by atoms with Crippen LogP contribution in [0.2, 0.25) is 0 Å². The van der Waals surface area contributed by atoms with Crippen LogP contribution in [0.3, 0.4) is 0 Å². The number of hydrogen-bond donors (Lipinski definition) is 1. The van der Waals surface area contributed by atoms with Crippen molar-refractivity contribution in [3.05, 3.63) is 33.8 Å². The van der Waals surface area contributed by atoms with E-state index >= 15 is 0 Å². The number of esters is 1. The number of aryl methyl sites for hydroxylation is 1. The first-order valence-electron chi connectivity index (χ1n) is 6.08. The van der Waals surface area contributed by atoms with Gasteiger partial charge in [-0.1, -0.05) is 22.0 Å². The average Bonchev–Trinajstić information content (AvgIpc) is 2.38. The topological polar surface area (TPSA) is 46.5 Å². The van der Waals surface area contributed by atoms with Gasteiger partial charge in [0.25, 0.3) is 0 Å². The molecule has 0 radical (unpaired) electrons. The molecule has 1 aliphatic carbocycles. The number of hydrogen-bond acceptors (Lipinski definition) is 3. The first-order valence-corrected chi connectivity index (χ1v) is 6.87. The number of aliphatic hydroxyl groups is 1. The number of ether oxygens (including phenoxy) is 1. The Balaban J connectivity index is 2.47. The van der Waals surface area contributed by atoms with E-state index in [1.54, 1.807) is 6.92 Å². The normalized spacial score (nSPS) is 24.2. The second-order valence-electron chi connectivity index (χ2n) is 4.82. The predicted molar refractivity (Wildman–Crippen MR) is 72.2 cm³/mol. The van der Waals surface area contributed by atoms with Crippen LogP contribution in [-0.2, 0) is 21.6 Å². The molecule has 0 aromatic heterocycles. The zero-order valence-corrected chi connectivity index (χ0v) is 12.2. The second-order valence-corrected chi connectivity index (χ2v) is 5.74. The van der Waals surface area contributed by atoms with Crippen molar-refractivity contribution in [2.75, 3.05) is 7.11 Å². The minimum atomic E-state index is -1.12. The average molecular weight is 313 g/mol. The van der Waals surface area contributed by atoms with Crippen LogP contribution in [0.4, 0.5) is 0 Å². The van der Waals surface area contributed by atoms with Gasteiger partial charge in [0.1, 0.15) is 5.60 Å². The van der Waals surface area contributed by atoms with Gasteiger partial charge in [-0.2, -0.15) is 0 Å². The van der Waals surface area contributed by atoms with Gasteiger partial charge in [0, 0.05) is 4.47 Å². The maximum absolute atomic E-state index is 11.7. The summed E-state index contributed by atoms with van der Waals surface area (Å²) in [7, 11) is 1.35. The third-order valence-corrected chi connectivity index (χ3v) is 4.31. The lowest BCUT2D eigenvalue weighted by atomic mass is 9.72. The molecule has 4 heteroatoms. The zero-order valence-electron chi connectivity index (χ0n) is 10.6. The van der Waals surface area contributed by atoms with Crippen LogP contribution >= 0.6 is 15.9 Å². The van der Waals surface area contributed by atoms with Gasteiger partial charge in [0.2, 0.25) is 0 Å². The highest BCUT2D eigenvalue weighted by atomic mass is 79.9. The zero-order chi connectivity index (χ0) is 13.3. The molecule has 0 spiro atoms. The van der Waals surface area contributed by atoms with Gasteiger partial charge in [0.15, 0.2) is 0 Å². The highest BCUT2D eigenvalue weighted by Crippen LogP contribution is 2.42. The Bertz CT molecular complexity index is 472. The van der Waals surface area contributed by atoms with E-state index in [4.69, 9.17) is 4.74 Å². The minimum absolute atomic E-state index is 0.370. The molecule has 0 saturated heterocycles. The molecule has 0 aliphatic heterocycles. The van der Waals surface area contributed by atoms with Crippen molar-refractivity contribution in [3.8, 4) is 0 Å². The van der Waals surface area contributed by atoms with Crippen LogP contribution < -0.4 is 0 Å². The summed E-state index contributed by atoms with van der Waals surface area (Å²) in [6, 6.07) is 5.88. The summed E-state index contributed by atoms with van der Waals surface area (Å²) >= 11 is 3.42. The third-order valence-electron chi connectivity index (χ3n) is 3.81. The van der Waals surface area contributed by atoms with E-state index in [2.05, 4.69) is 15.9 Å². The molecule has 0 unspecified atom stereocenters. The molecule has 2 atom stereocenters. The molecule has 3 nitrogen and oxygen atoms in total. The van der Waals surface area contributed by atoms with Crippen molar-refractivity contribution < 1.29 is 14.6 Å². The van der Waals surface area contributed by atoms with E-state index in [0.29, 0.717) is 6.42 Å². The van der Waals surface area contributed by atoms with E-state index in [1.165, 1.54) is 7.11 Å². The van der Waals surface area contributed by atoms with Gasteiger partial charge in [-0.3, -0.25) is 4.79 Å². The molecule has 0 saturated carbocycles. The molecule has 0 fully saturated rings. The van der Waals surface area contributed by atoms with Crippen molar-refractivity contribution >= 4 is 21.9 Å². The van der Waals surface area contributed by atoms with Crippen LogP contribution in [0.1, 0.15) is 30.9 Å². The lowest BCUT2D eigenvalue weighted by molar-refractivity contribution is -0.156. The molecule has 1 N–H and O–H groups in total. The van der Waals surface area contributed by atoms with Gasteiger partial charge in [-0.25, -0.2) is 0 Å². The number of benzene rings is 1. The number of carbonyl (C=O) groups excluding carboxylic acids is 1. The van der Waals surface area contributed by atoms with Crippen LogP contribution in [0.15, 0.2) is 22.7 Å². The quantitative estimate of drug-likeness (QED) is 0.854. The standard InChI is InChI=1S/C14H17BrO3/c1-9(13(16)18-2)14(17)7-3-4-10-5-6-11(15)8-12(10)14/h5-6,8-9,17H,3-4,7H2,1-2H3/t9-,14-/m1/s1. The molecule has 1 aliphatic rings. The van der Waals surface area contributed by atoms with E-state index in [1.807, 2.05) is 18.2 Å². The molecule has 1 aromatic carbocycles. The van der Waals surface area contributed by atoms with Gasteiger partial charge in [-0.05, 0) is 49.4 Å².